The van der Waals surface area contributed by atoms with Crippen molar-refractivity contribution in [3.63, 3.8) is 0 Å². The number of nitrogens with zero attached hydrogens (tertiary/aromatic N) is 3. The molecule has 22 heavy (non-hydrogen) atoms. The third kappa shape index (κ3) is 2.79. The van der Waals surface area contributed by atoms with Gasteiger partial charge in [0.1, 0.15) is 0 Å². The fraction of sp³-hybridized carbons (Fsp3) is 0.688. The van der Waals surface area contributed by atoms with Crippen molar-refractivity contribution in [2.45, 2.75) is 70.7 Å². The lowest BCUT2D eigenvalue weighted by Gasteiger charge is -2.37. The molecule has 1 amide bonds. The molecule has 1 N–H and O–H groups in total. The largest absolute Gasteiger partial charge is 0.393 e. The van der Waals surface area contributed by atoms with Gasteiger partial charge in [0, 0.05) is 36.4 Å². The second kappa shape index (κ2) is 5.83. The van der Waals surface area contributed by atoms with Crippen LogP contribution in [0.2, 0.25) is 0 Å². The molecule has 3 heterocycles. The Morgan fingerprint density at radius 3 is 2.55 bits per heavy atom. The monoisotopic (exact) mass is 305 g/mol. The van der Waals surface area contributed by atoms with E-state index in [1.165, 1.54) is 0 Å². The maximum absolute atomic E-state index is 12.5. The quantitative estimate of drug-likeness (QED) is 0.895. The summed E-state index contributed by atoms with van der Waals surface area (Å²) in [6.45, 7) is 4.03. The molecule has 2 fully saturated rings. The molecule has 6 heteroatoms. The highest BCUT2D eigenvalue weighted by Crippen LogP contribution is 2.36. The van der Waals surface area contributed by atoms with Crippen LogP contribution in [-0.2, 0) is 11.3 Å². The summed E-state index contributed by atoms with van der Waals surface area (Å²) < 4.78 is 1.56. The Morgan fingerprint density at radius 1 is 1.32 bits per heavy atom. The molecular weight excluding hydrogens is 282 g/mol. The van der Waals surface area contributed by atoms with Crippen molar-refractivity contribution in [3.05, 3.63) is 27.9 Å². The van der Waals surface area contributed by atoms with Gasteiger partial charge < -0.3 is 10.0 Å². The van der Waals surface area contributed by atoms with Gasteiger partial charge in [-0.1, -0.05) is 0 Å². The SMILES string of the molecule is Cc1cc(C)n(CCC(=O)N2[C@@H]3CC[C@H]2CC(O)C3)c(=O)n1. The zero-order chi connectivity index (χ0) is 15.9. The van der Waals surface area contributed by atoms with Crippen LogP contribution in [0.1, 0.15) is 43.5 Å². The predicted molar refractivity (Wildman–Crippen MR) is 81.5 cm³/mol. The number of piperidine rings is 1. The zero-order valence-electron chi connectivity index (χ0n) is 13.2. The number of aryl methyl sites for hydroxylation is 2. The molecule has 0 aliphatic carbocycles. The molecule has 2 aliphatic heterocycles. The van der Waals surface area contributed by atoms with Crippen molar-refractivity contribution in [1.82, 2.24) is 14.5 Å². The number of carbonyl (C=O) groups is 1. The van der Waals surface area contributed by atoms with Crippen LogP contribution in [-0.4, -0.2) is 43.7 Å². The van der Waals surface area contributed by atoms with Crippen molar-refractivity contribution in [3.8, 4) is 0 Å². The van der Waals surface area contributed by atoms with E-state index in [0.29, 0.717) is 31.5 Å². The van der Waals surface area contributed by atoms with E-state index in [9.17, 15) is 14.7 Å². The highest BCUT2D eigenvalue weighted by Gasteiger charge is 2.42. The molecule has 0 aromatic carbocycles. The fourth-order valence-corrected chi connectivity index (χ4v) is 3.94. The number of fused-ring (bicyclic) bond motifs is 2. The van der Waals surface area contributed by atoms with Gasteiger partial charge in [-0.25, -0.2) is 4.79 Å². The molecule has 2 bridgehead atoms. The Kier molecular flexibility index (Phi) is 4.04. The summed E-state index contributed by atoms with van der Waals surface area (Å²) in [6, 6.07) is 2.21. The van der Waals surface area contributed by atoms with Gasteiger partial charge in [-0.3, -0.25) is 9.36 Å². The smallest absolute Gasteiger partial charge is 0.347 e. The number of hydrogen-bond acceptors (Lipinski definition) is 4. The molecule has 2 saturated heterocycles. The van der Waals surface area contributed by atoms with E-state index in [1.54, 1.807) is 11.5 Å². The Morgan fingerprint density at radius 2 is 1.95 bits per heavy atom. The van der Waals surface area contributed by atoms with Gasteiger partial charge in [0.25, 0.3) is 0 Å². The van der Waals surface area contributed by atoms with Crippen LogP contribution in [0.5, 0.6) is 0 Å². The van der Waals surface area contributed by atoms with Crippen molar-refractivity contribution in [2.24, 2.45) is 0 Å². The van der Waals surface area contributed by atoms with Gasteiger partial charge in [-0.2, -0.15) is 4.98 Å². The first kappa shape index (κ1) is 15.2. The molecule has 120 valence electrons. The Balaban J connectivity index is 1.68. The van der Waals surface area contributed by atoms with Crippen LogP contribution >= 0.6 is 0 Å². The summed E-state index contributed by atoms with van der Waals surface area (Å²) in [4.78, 5) is 30.3. The third-order valence-electron chi connectivity index (χ3n) is 4.89. The summed E-state index contributed by atoms with van der Waals surface area (Å²) in [7, 11) is 0. The lowest BCUT2D eigenvalue weighted by atomic mass is 9.99. The van der Waals surface area contributed by atoms with E-state index in [0.717, 1.165) is 18.5 Å². The Bertz CT molecular complexity index is 626. The minimum atomic E-state index is -0.290. The number of rotatable bonds is 3. The van der Waals surface area contributed by atoms with Gasteiger partial charge >= 0.3 is 5.69 Å². The highest BCUT2D eigenvalue weighted by atomic mass is 16.3. The first-order valence-corrected chi connectivity index (χ1v) is 8.00. The molecule has 0 saturated carbocycles. The van der Waals surface area contributed by atoms with E-state index in [-0.39, 0.29) is 29.8 Å². The summed E-state index contributed by atoms with van der Waals surface area (Å²) in [6.07, 6.45) is 3.39. The molecule has 1 aromatic heterocycles. The molecule has 0 spiro atoms. The average molecular weight is 305 g/mol. The summed E-state index contributed by atoms with van der Waals surface area (Å²) in [5.74, 6) is 0.0891. The van der Waals surface area contributed by atoms with E-state index in [4.69, 9.17) is 0 Å². The van der Waals surface area contributed by atoms with E-state index >= 15 is 0 Å². The van der Waals surface area contributed by atoms with Gasteiger partial charge in [0.05, 0.1) is 6.10 Å². The normalized spacial score (nSPS) is 27.2. The van der Waals surface area contributed by atoms with Gasteiger partial charge in [-0.15, -0.1) is 0 Å². The molecule has 6 nitrogen and oxygen atoms in total. The summed E-state index contributed by atoms with van der Waals surface area (Å²) in [5.41, 5.74) is 1.25. The summed E-state index contributed by atoms with van der Waals surface area (Å²) >= 11 is 0. The van der Waals surface area contributed by atoms with Crippen molar-refractivity contribution >= 4 is 5.91 Å². The maximum Gasteiger partial charge on any atom is 0.347 e. The number of hydrogen-bond donors (Lipinski definition) is 1. The molecule has 3 rings (SSSR count). The number of amides is 1. The van der Waals surface area contributed by atoms with Crippen molar-refractivity contribution in [2.75, 3.05) is 0 Å². The zero-order valence-corrected chi connectivity index (χ0v) is 13.2. The van der Waals surface area contributed by atoms with Crippen LogP contribution in [0.15, 0.2) is 10.9 Å². The van der Waals surface area contributed by atoms with Crippen LogP contribution in [0.4, 0.5) is 0 Å². The van der Waals surface area contributed by atoms with Crippen LogP contribution in [0.3, 0.4) is 0 Å². The molecule has 2 aliphatic rings. The Hall–Kier alpha value is -1.69. The van der Waals surface area contributed by atoms with Crippen LogP contribution in [0.25, 0.3) is 0 Å². The fourth-order valence-electron chi connectivity index (χ4n) is 3.94. The predicted octanol–water partition coefficient (Wildman–Crippen LogP) is 0.765. The number of aromatic nitrogens is 2. The number of carbonyl (C=O) groups excluding carboxylic acids is 1. The molecule has 3 atom stereocenters. The van der Waals surface area contributed by atoms with E-state index in [2.05, 4.69) is 4.98 Å². The first-order chi connectivity index (χ1) is 10.5. The van der Waals surface area contributed by atoms with Crippen molar-refractivity contribution in [1.29, 1.82) is 0 Å². The topological polar surface area (TPSA) is 75.4 Å². The maximum atomic E-state index is 12.5. The lowest BCUT2D eigenvalue weighted by Crippen LogP contribution is -2.48. The number of aliphatic hydroxyl groups excluding tert-OH is 1. The molecular formula is C16H23N3O3. The van der Waals surface area contributed by atoms with Crippen molar-refractivity contribution < 1.29 is 9.90 Å². The second-order valence-electron chi connectivity index (χ2n) is 6.53. The molecule has 1 aromatic rings. The third-order valence-corrected chi connectivity index (χ3v) is 4.89. The van der Waals surface area contributed by atoms with Gasteiger partial charge in [-0.05, 0) is 45.6 Å². The minimum absolute atomic E-state index is 0.0891. The molecule has 0 radical (unpaired) electrons. The van der Waals surface area contributed by atoms with Crippen LogP contribution < -0.4 is 5.69 Å². The summed E-state index contributed by atoms with van der Waals surface area (Å²) in [5, 5.41) is 9.80. The standard InChI is InChI=1S/C16H23N3O3/c1-10-7-11(2)18(16(22)17-10)6-5-15(21)19-12-3-4-13(19)9-14(20)8-12/h7,12-14,20H,3-6,8-9H2,1-2H3/t12-,13+,14?. The van der Waals surface area contributed by atoms with Gasteiger partial charge in [0.15, 0.2) is 0 Å². The highest BCUT2D eigenvalue weighted by molar-refractivity contribution is 5.77. The molecule has 1 unspecified atom stereocenters. The second-order valence-corrected chi connectivity index (χ2v) is 6.53. The average Bonchev–Trinajstić information content (AvgIpc) is 2.69. The lowest BCUT2D eigenvalue weighted by molar-refractivity contribution is -0.137. The van der Waals surface area contributed by atoms with E-state index in [1.807, 2.05) is 17.9 Å². The first-order valence-electron chi connectivity index (χ1n) is 8.00. The van der Waals surface area contributed by atoms with Gasteiger partial charge in [0.2, 0.25) is 5.91 Å². The minimum Gasteiger partial charge on any atom is -0.393 e. The van der Waals surface area contributed by atoms with E-state index < -0.39 is 0 Å². The number of aliphatic hydroxyl groups is 1. The Labute approximate surface area is 129 Å². The van der Waals surface area contributed by atoms with Crippen LogP contribution in [0, 0.1) is 13.8 Å².